The Kier molecular flexibility index (Phi) is 6.48. The van der Waals surface area contributed by atoms with Crippen molar-refractivity contribution in [3.63, 3.8) is 0 Å². The van der Waals surface area contributed by atoms with Gasteiger partial charge in [0.05, 0.1) is 17.7 Å². The number of carbonyl (C=O) groups excluding carboxylic acids is 1. The third kappa shape index (κ3) is 5.10. The summed E-state index contributed by atoms with van der Waals surface area (Å²) in [6.07, 6.45) is 0. The number of aromatic nitrogens is 2. The molecule has 0 unspecified atom stereocenters. The van der Waals surface area contributed by atoms with Crippen LogP contribution in [0.5, 0.6) is 5.75 Å². The molecular weight excluding hydrogens is 436 g/mol. The molecule has 2 aromatic carbocycles. The van der Waals surface area contributed by atoms with Gasteiger partial charge in [0.15, 0.2) is 0 Å². The Morgan fingerprint density at radius 2 is 1.83 bits per heavy atom. The summed E-state index contributed by atoms with van der Waals surface area (Å²) in [4.78, 5) is 12.3. The van der Waals surface area contributed by atoms with Crippen molar-refractivity contribution < 1.29 is 17.9 Å². The predicted octanol–water partition coefficient (Wildman–Crippen LogP) is 3.49. The molecule has 0 aliphatic carbocycles. The van der Waals surface area contributed by atoms with Crippen LogP contribution in [-0.2, 0) is 10.0 Å². The van der Waals surface area contributed by atoms with Crippen LogP contribution in [0.4, 0.5) is 5.13 Å². The first kappa shape index (κ1) is 21.2. The van der Waals surface area contributed by atoms with Crippen molar-refractivity contribution in [2.24, 2.45) is 0 Å². The van der Waals surface area contributed by atoms with E-state index in [1.807, 2.05) is 0 Å². The lowest BCUT2D eigenvalue weighted by Crippen LogP contribution is -2.26. The molecule has 1 atom stereocenters. The molecule has 0 spiro atoms. The molecule has 29 heavy (non-hydrogen) atoms. The fourth-order valence-corrected chi connectivity index (χ4v) is 4.79. The first-order chi connectivity index (χ1) is 13.8. The summed E-state index contributed by atoms with van der Waals surface area (Å²) in [5.41, 5.74) is 1.01. The van der Waals surface area contributed by atoms with Crippen LogP contribution in [0.25, 0.3) is 0 Å². The van der Waals surface area contributed by atoms with Gasteiger partial charge in [-0.15, -0.1) is 10.2 Å². The predicted molar refractivity (Wildman–Crippen MR) is 111 cm³/mol. The maximum atomic E-state index is 12.6. The Bertz CT molecular complexity index is 1120. The van der Waals surface area contributed by atoms with Gasteiger partial charge in [-0.25, -0.2) is 13.1 Å². The zero-order valence-corrected chi connectivity index (χ0v) is 17.8. The summed E-state index contributed by atoms with van der Waals surface area (Å²) in [7, 11) is -2.37. The molecule has 1 aromatic heterocycles. The number of carbonyl (C=O) groups is 1. The van der Waals surface area contributed by atoms with Crippen molar-refractivity contribution in [1.29, 1.82) is 0 Å². The number of hydrogen-bond acceptors (Lipinski definition) is 7. The van der Waals surface area contributed by atoms with E-state index >= 15 is 0 Å². The number of rotatable bonds is 7. The van der Waals surface area contributed by atoms with Crippen molar-refractivity contribution in [3.8, 4) is 5.75 Å². The fraction of sp³-hybridized carbons (Fsp3) is 0.167. The normalized spacial score (nSPS) is 12.4. The highest BCUT2D eigenvalue weighted by molar-refractivity contribution is 7.91. The summed E-state index contributed by atoms with van der Waals surface area (Å²) in [6, 6.07) is 13.0. The minimum absolute atomic E-state index is 0.0485. The van der Waals surface area contributed by atoms with Gasteiger partial charge >= 0.3 is 0 Å². The van der Waals surface area contributed by atoms with Gasteiger partial charge in [-0.05, 0) is 36.8 Å². The lowest BCUT2D eigenvalue weighted by atomic mass is 10.1. The lowest BCUT2D eigenvalue weighted by molar-refractivity contribution is 0.102. The maximum absolute atomic E-state index is 12.6. The van der Waals surface area contributed by atoms with Gasteiger partial charge < -0.3 is 4.74 Å². The van der Waals surface area contributed by atoms with E-state index in [1.54, 1.807) is 62.6 Å². The van der Waals surface area contributed by atoms with Crippen molar-refractivity contribution in [1.82, 2.24) is 14.9 Å². The van der Waals surface area contributed by atoms with E-state index < -0.39 is 22.0 Å². The minimum atomic E-state index is -3.92. The molecule has 0 saturated heterocycles. The molecule has 0 aliphatic heterocycles. The number of hydrogen-bond donors (Lipinski definition) is 2. The van der Waals surface area contributed by atoms with Crippen LogP contribution >= 0.6 is 22.9 Å². The van der Waals surface area contributed by atoms with Crippen molar-refractivity contribution in [2.45, 2.75) is 17.3 Å². The molecule has 11 heteroatoms. The van der Waals surface area contributed by atoms with E-state index in [0.29, 0.717) is 5.75 Å². The Balaban J connectivity index is 1.71. The summed E-state index contributed by atoms with van der Waals surface area (Å²) in [6.45, 7) is 1.71. The standard InChI is InChI=1S/C18H17ClN4O4S2/c1-11(12-7-9-13(27-2)10-8-12)23-29(25,26)18-22-21-17(28-18)20-16(24)14-5-3-4-6-15(14)19/h3-11,23H,1-2H3,(H,20,21,24)/t11-/m0/s1. The Morgan fingerprint density at radius 1 is 1.14 bits per heavy atom. The monoisotopic (exact) mass is 452 g/mol. The zero-order valence-electron chi connectivity index (χ0n) is 15.4. The molecule has 1 amide bonds. The van der Waals surface area contributed by atoms with Crippen LogP contribution in [0.2, 0.25) is 5.02 Å². The van der Waals surface area contributed by atoms with Gasteiger partial charge in [0, 0.05) is 6.04 Å². The molecular formula is C18H17ClN4O4S2. The second-order valence-electron chi connectivity index (χ2n) is 5.92. The van der Waals surface area contributed by atoms with Crippen LogP contribution in [0.1, 0.15) is 28.9 Å². The molecule has 8 nitrogen and oxygen atoms in total. The van der Waals surface area contributed by atoms with Gasteiger partial charge in [-0.1, -0.05) is 47.2 Å². The quantitative estimate of drug-likeness (QED) is 0.531. The summed E-state index contributed by atoms with van der Waals surface area (Å²) >= 11 is 6.73. The molecule has 0 saturated carbocycles. The van der Waals surface area contributed by atoms with E-state index in [2.05, 4.69) is 20.2 Å². The number of sulfonamides is 1. The average Bonchev–Trinajstić information content (AvgIpc) is 3.17. The van der Waals surface area contributed by atoms with Gasteiger partial charge in [-0.3, -0.25) is 10.1 Å². The molecule has 152 valence electrons. The molecule has 1 heterocycles. The lowest BCUT2D eigenvalue weighted by Gasteiger charge is -2.13. The molecule has 3 aromatic rings. The van der Waals surface area contributed by atoms with Crippen molar-refractivity contribution in [2.75, 3.05) is 12.4 Å². The number of ether oxygens (including phenoxy) is 1. The Labute approximate surface area is 176 Å². The molecule has 2 N–H and O–H groups in total. The van der Waals surface area contributed by atoms with Crippen LogP contribution in [0.15, 0.2) is 52.9 Å². The van der Waals surface area contributed by atoms with Crippen LogP contribution in [0, 0.1) is 0 Å². The fourth-order valence-electron chi connectivity index (χ4n) is 2.42. The second-order valence-corrected chi connectivity index (χ2v) is 9.20. The SMILES string of the molecule is COc1ccc([C@H](C)NS(=O)(=O)c2nnc(NC(=O)c3ccccc3Cl)s2)cc1. The Morgan fingerprint density at radius 3 is 2.48 bits per heavy atom. The molecule has 3 rings (SSSR count). The number of anilines is 1. The summed E-state index contributed by atoms with van der Waals surface area (Å²) in [5.74, 6) is 0.169. The summed E-state index contributed by atoms with van der Waals surface area (Å²) in [5, 5.41) is 10.2. The van der Waals surface area contributed by atoms with E-state index in [4.69, 9.17) is 16.3 Å². The number of nitrogens with one attached hydrogen (secondary N) is 2. The highest BCUT2D eigenvalue weighted by Crippen LogP contribution is 2.24. The minimum Gasteiger partial charge on any atom is -0.497 e. The molecule has 0 aliphatic rings. The molecule has 0 radical (unpaired) electrons. The molecule has 0 fully saturated rings. The van der Waals surface area contributed by atoms with Crippen LogP contribution in [-0.4, -0.2) is 31.6 Å². The van der Waals surface area contributed by atoms with Gasteiger partial charge in [-0.2, -0.15) is 0 Å². The van der Waals surface area contributed by atoms with E-state index in [9.17, 15) is 13.2 Å². The number of halogens is 1. The zero-order chi connectivity index (χ0) is 21.0. The number of nitrogens with zero attached hydrogens (tertiary/aromatic N) is 2. The first-order valence-corrected chi connectivity index (χ1v) is 11.0. The average molecular weight is 453 g/mol. The third-order valence-corrected chi connectivity index (χ3v) is 7.00. The van der Waals surface area contributed by atoms with E-state index in [0.717, 1.165) is 16.9 Å². The largest absolute Gasteiger partial charge is 0.497 e. The van der Waals surface area contributed by atoms with E-state index in [-0.39, 0.29) is 20.1 Å². The Hall–Kier alpha value is -2.53. The highest BCUT2D eigenvalue weighted by atomic mass is 35.5. The van der Waals surface area contributed by atoms with Gasteiger partial charge in [0.2, 0.25) is 9.47 Å². The topological polar surface area (TPSA) is 110 Å². The summed E-state index contributed by atoms with van der Waals surface area (Å²) < 4.78 is 32.6. The highest BCUT2D eigenvalue weighted by Gasteiger charge is 2.24. The first-order valence-electron chi connectivity index (χ1n) is 8.36. The third-order valence-electron chi connectivity index (χ3n) is 3.92. The van der Waals surface area contributed by atoms with Crippen molar-refractivity contribution in [3.05, 3.63) is 64.7 Å². The number of benzene rings is 2. The van der Waals surface area contributed by atoms with Crippen molar-refractivity contribution >= 4 is 44.0 Å². The van der Waals surface area contributed by atoms with Gasteiger partial charge in [0.25, 0.3) is 15.9 Å². The molecule has 0 bridgehead atoms. The second kappa shape index (κ2) is 8.87. The number of amides is 1. The van der Waals surface area contributed by atoms with Gasteiger partial charge in [0.1, 0.15) is 5.75 Å². The number of methoxy groups -OCH3 is 1. The maximum Gasteiger partial charge on any atom is 0.270 e. The van der Waals surface area contributed by atoms with Crippen LogP contribution < -0.4 is 14.8 Å². The van der Waals surface area contributed by atoms with Crippen LogP contribution in [0.3, 0.4) is 0 Å². The smallest absolute Gasteiger partial charge is 0.270 e. The van der Waals surface area contributed by atoms with E-state index in [1.165, 1.54) is 0 Å².